The Balaban J connectivity index is 1.95. The van der Waals surface area contributed by atoms with Gasteiger partial charge >= 0.3 is 0 Å². The van der Waals surface area contributed by atoms with Gasteiger partial charge < -0.3 is 10.2 Å². The molecule has 1 unspecified atom stereocenters. The number of hydrogen-bond acceptors (Lipinski definition) is 2. The Morgan fingerprint density at radius 3 is 2.21 bits per heavy atom. The van der Waals surface area contributed by atoms with E-state index in [9.17, 15) is 14.0 Å². The molecule has 3 rings (SSSR count). The van der Waals surface area contributed by atoms with Crippen LogP contribution in [0.5, 0.6) is 0 Å². The van der Waals surface area contributed by atoms with Crippen LogP contribution in [-0.4, -0.2) is 29.3 Å². The van der Waals surface area contributed by atoms with Crippen molar-refractivity contribution in [3.05, 3.63) is 106 Å². The van der Waals surface area contributed by atoms with Gasteiger partial charge in [-0.1, -0.05) is 91.7 Å². The zero-order valence-electron chi connectivity index (χ0n) is 19.3. The number of nitrogens with zero attached hydrogens (tertiary/aromatic N) is 1. The number of rotatable bonds is 11. The molecule has 0 spiro atoms. The van der Waals surface area contributed by atoms with Gasteiger partial charge in [-0.25, -0.2) is 4.39 Å². The molecule has 0 radical (unpaired) electrons. The van der Waals surface area contributed by atoms with Gasteiger partial charge in [-0.3, -0.25) is 9.59 Å². The highest BCUT2D eigenvalue weighted by atomic mass is 35.5. The van der Waals surface area contributed by atoms with E-state index in [0.29, 0.717) is 13.0 Å². The number of amides is 2. The Labute approximate surface area is 205 Å². The normalized spacial score (nSPS) is 11.6. The third-order valence-corrected chi connectivity index (χ3v) is 6.04. The van der Waals surface area contributed by atoms with Gasteiger partial charge in [-0.15, -0.1) is 0 Å². The lowest BCUT2D eigenvalue weighted by Crippen LogP contribution is -2.51. The molecular weight excluding hydrogens is 451 g/mol. The molecule has 0 heterocycles. The van der Waals surface area contributed by atoms with Crippen LogP contribution in [0.15, 0.2) is 78.9 Å². The number of unbranched alkanes of at least 4 members (excludes halogenated alkanes) is 1. The highest BCUT2D eigenvalue weighted by Crippen LogP contribution is 2.22. The fourth-order valence-corrected chi connectivity index (χ4v) is 4.02. The van der Waals surface area contributed by atoms with Gasteiger partial charge in [0.05, 0.1) is 6.42 Å². The molecule has 0 fully saturated rings. The van der Waals surface area contributed by atoms with Crippen LogP contribution in [0, 0.1) is 5.82 Å². The Kier molecular flexibility index (Phi) is 9.65. The van der Waals surface area contributed by atoms with E-state index in [2.05, 4.69) is 12.2 Å². The Bertz CT molecular complexity index is 1060. The molecule has 0 aliphatic carbocycles. The summed E-state index contributed by atoms with van der Waals surface area (Å²) in [6.07, 6.45) is 1.91. The van der Waals surface area contributed by atoms with Gasteiger partial charge in [0.25, 0.3) is 0 Å². The van der Waals surface area contributed by atoms with E-state index in [1.807, 2.05) is 60.7 Å². The molecular formula is C28H30ClFN2O2. The molecule has 1 atom stereocenters. The first-order valence-corrected chi connectivity index (χ1v) is 11.9. The summed E-state index contributed by atoms with van der Waals surface area (Å²) >= 11 is 6.20. The van der Waals surface area contributed by atoms with Crippen molar-refractivity contribution >= 4 is 23.4 Å². The monoisotopic (exact) mass is 480 g/mol. The molecule has 0 aliphatic rings. The van der Waals surface area contributed by atoms with Crippen LogP contribution in [0.4, 0.5) is 4.39 Å². The number of halogens is 2. The van der Waals surface area contributed by atoms with Crippen molar-refractivity contribution < 1.29 is 14.0 Å². The Morgan fingerprint density at radius 2 is 1.59 bits per heavy atom. The number of benzene rings is 3. The third kappa shape index (κ3) is 7.16. The second-order valence-corrected chi connectivity index (χ2v) is 8.64. The molecule has 1 N–H and O–H groups in total. The van der Waals surface area contributed by atoms with Crippen LogP contribution in [0.1, 0.15) is 36.5 Å². The third-order valence-electron chi connectivity index (χ3n) is 5.69. The summed E-state index contributed by atoms with van der Waals surface area (Å²) in [5.74, 6) is -1.11. The maximum absolute atomic E-state index is 14.5. The average molecular weight is 481 g/mol. The maximum atomic E-state index is 14.5. The number of carbonyl (C=O) groups excluding carboxylic acids is 2. The Morgan fingerprint density at radius 1 is 0.941 bits per heavy atom. The van der Waals surface area contributed by atoms with Crippen LogP contribution < -0.4 is 5.32 Å². The van der Waals surface area contributed by atoms with E-state index in [4.69, 9.17) is 11.6 Å². The first kappa shape index (κ1) is 25.4. The summed E-state index contributed by atoms with van der Waals surface area (Å²) in [7, 11) is 0. The smallest absolute Gasteiger partial charge is 0.243 e. The van der Waals surface area contributed by atoms with Crippen molar-refractivity contribution in [2.45, 2.75) is 45.2 Å². The average Bonchev–Trinajstić information content (AvgIpc) is 2.85. The molecule has 4 nitrogen and oxygen atoms in total. The number of hydrogen-bond donors (Lipinski definition) is 1. The molecule has 178 valence electrons. The molecule has 2 amide bonds. The van der Waals surface area contributed by atoms with Gasteiger partial charge in [-0.2, -0.15) is 0 Å². The largest absolute Gasteiger partial charge is 0.354 e. The zero-order valence-corrected chi connectivity index (χ0v) is 20.1. The quantitative estimate of drug-likeness (QED) is 0.364. The first-order chi connectivity index (χ1) is 16.5. The van der Waals surface area contributed by atoms with E-state index in [0.717, 1.165) is 24.0 Å². The molecule has 34 heavy (non-hydrogen) atoms. The van der Waals surface area contributed by atoms with Crippen LogP contribution >= 0.6 is 11.6 Å². The summed E-state index contributed by atoms with van der Waals surface area (Å²) in [5.41, 5.74) is 1.96. The highest BCUT2D eigenvalue weighted by molar-refractivity contribution is 6.31. The highest BCUT2D eigenvalue weighted by Gasteiger charge is 2.31. The van der Waals surface area contributed by atoms with Gasteiger partial charge in [0.15, 0.2) is 0 Å². The van der Waals surface area contributed by atoms with Crippen LogP contribution in [0.3, 0.4) is 0 Å². The van der Waals surface area contributed by atoms with E-state index >= 15 is 0 Å². The van der Waals surface area contributed by atoms with Crippen molar-refractivity contribution in [3.63, 3.8) is 0 Å². The summed E-state index contributed by atoms with van der Waals surface area (Å²) in [5, 5.41) is 3.17. The lowest BCUT2D eigenvalue weighted by Gasteiger charge is -2.32. The molecule has 6 heteroatoms. The minimum absolute atomic E-state index is 0.136. The standard InChI is InChI=1S/C28H30ClFN2O2/c1-2-3-17-31-28(34)26(18-21-11-6-4-7-12-21)32(20-22-13-8-5-9-14-22)27(33)19-23-24(29)15-10-16-25(23)30/h4-16,26H,2-3,17-20H2,1H3,(H,31,34). The van der Waals surface area contributed by atoms with Crippen molar-refractivity contribution in [3.8, 4) is 0 Å². The number of carbonyl (C=O) groups is 2. The summed E-state index contributed by atoms with van der Waals surface area (Å²) in [6, 6.07) is 22.7. The number of nitrogens with one attached hydrogen (secondary N) is 1. The summed E-state index contributed by atoms with van der Waals surface area (Å²) in [4.78, 5) is 28.5. The van der Waals surface area contributed by atoms with Crippen molar-refractivity contribution in [2.75, 3.05) is 6.54 Å². The minimum atomic E-state index is -0.752. The van der Waals surface area contributed by atoms with E-state index in [-0.39, 0.29) is 35.4 Å². The fourth-order valence-electron chi connectivity index (χ4n) is 3.79. The lowest BCUT2D eigenvalue weighted by atomic mass is 10.0. The summed E-state index contributed by atoms with van der Waals surface area (Å²) < 4.78 is 14.5. The summed E-state index contributed by atoms with van der Waals surface area (Å²) in [6.45, 7) is 2.81. The topological polar surface area (TPSA) is 49.4 Å². The lowest BCUT2D eigenvalue weighted by molar-refractivity contribution is -0.140. The maximum Gasteiger partial charge on any atom is 0.243 e. The molecule has 3 aromatic rings. The van der Waals surface area contributed by atoms with Crippen LogP contribution in [0.25, 0.3) is 0 Å². The van der Waals surface area contributed by atoms with Gasteiger partial charge in [0.1, 0.15) is 11.9 Å². The molecule has 0 saturated heterocycles. The minimum Gasteiger partial charge on any atom is -0.354 e. The molecule has 0 saturated carbocycles. The predicted octanol–water partition coefficient (Wildman–Crippen LogP) is 5.58. The molecule has 0 aromatic heterocycles. The second kappa shape index (κ2) is 12.9. The molecule has 3 aromatic carbocycles. The van der Waals surface area contributed by atoms with E-state index < -0.39 is 11.9 Å². The van der Waals surface area contributed by atoms with Gasteiger partial charge in [0.2, 0.25) is 11.8 Å². The van der Waals surface area contributed by atoms with Crippen molar-refractivity contribution in [1.29, 1.82) is 0 Å². The molecule has 0 aliphatic heterocycles. The molecule has 0 bridgehead atoms. The van der Waals surface area contributed by atoms with Crippen molar-refractivity contribution in [1.82, 2.24) is 10.2 Å². The van der Waals surface area contributed by atoms with Gasteiger partial charge in [0, 0.05) is 30.1 Å². The fraction of sp³-hybridized carbons (Fsp3) is 0.286. The van der Waals surface area contributed by atoms with Crippen molar-refractivity contribution in [2.24, 2.45) is 0 Å². The van der Waals surface area contributed by atoms with E-state index in [1.165, 1.54) is 12.1 Å². The van der Waals surface area contributed by atoms with Crippen LogP contribution in [0.2, 0.25) is 5.02 Å². The second-order valence-electron chi connectivity index (χ2n) is 8.23. The zero-order chi connectivity index (χ0) is 24.3. The van der Waals surface area contributed by atoms with Gasteiger partial charge in [-0.05, 0) is 29.7 Å². The Hall–Kier alpha value is -3.18. The van der Waals surface area contributed by atoms with Crippen LogP contribution in [-0.2, 0) is 29.0 Å². The predicted molar refractivity (Wildman–Crippen MR) is 134 cm³/mol. The SMILES string of the molecule is CCCCNC(=O)C(Cc1ccccc1)N(Cc1ccccc1)C(=O)Cc1c(F)cccc1Cl. The first-order valence-electron chi connectivity index (χ1n) is 11.6. The van der Waals surface area contributed by atoms with E-state index in [1.54, 1.807) is 11.0 Å².